The fourth-order valence-electron chi connectivity index (χ4n) is 1.45. The first-order chi connectivity index (χ1) is 8.63. The summed E-state index contributed by atoms with van der Waals surface area (Å²) in [6, 6.07) is 9.43. The van der Waals surface area contributed by atoms with Crippen molar-refractivity contribution in [3.8, 4) is 11.3 Å². The van der Waals surface area contributed by atoms with Crippen LogP contribution < -0.4 is 5.73 Å². The number of nitrogen functional groups attached to an aromatic ring is 1. The first-order valence-corrected chi connectivity index (χ1v) is 5.89. The molecule has 0 aliphatic heterocycles. The number of aromatic nitrogens is 2. The third-order valence-corrected chi connectivity index (χ3v) is 2.86. The first kappa shape index (κ1) is 12.5. The Morgan fingerprint density at radius 3 is 2.56 bits per heavy atom. The van der Waals surface area contributed by atoms with Gasteiger partial charge in [-0.1, -0.05) is 30.3 Å². The molecule has 1 aromatic carbocycles. The molecule has 0 aliphatic rings. The molecule has 92 valence electrons. The second kappa shape index (κ2) is 5.14. The molecular weight excluding hydrogens is 298 g/mol. The topological polar surface area (TPSA) is 78.1 Å². The molecule has 0 aliphatic carbocycles. The lowest BCUT2D eigenvalue weighted by atomic mass is 10.1. The van der Waals surface area contributed by atoms with E-state index in [-0.39, 0.29) is 11.5 Å². The van der Waals surface area contributed by atoms with E-state index in [0.29, 0.717) is 10.3 Å². The summed E-state index contributed by atoms with van der Waals surface area (Å²) < 4.78 is 5.02. The number of carbonyl (C=O) groups is 1. The van der Waals surface area contributed by atoms with Crippen LogP contribution in [0.15, 0.2) is 34.9 Å². The molecule has 2 aromatic rings. The van der Waals surface area contributed by atoms with E-state index in [9.17, 15) is 4.79 Å². The number of nitrogens with zero attached hydrogens (tertiary/aromatic N) is 2. The number of methoxy groups -OCH3 is 1. The molecule has 0 amide bonds. The van der Waals surface area contributed by atoms with Crippen LogP contribution in [0.25, 0.3) is 11.3 Å². The zero-order valence-corrected chi connectivity index (χ0v) is 11.1. The van der Waals surface area contributed by atoms with Crippen LogP contribution in [-0.2, 0) is 4.74 Å². The molecule has 2 N–H and O–H groups in total. The zero-order valence-electron chi connectivity index (χ0n) is 9.55. The Balaban J connectivity index is 2.53. The van der Waals surface area contributed by atoms with Crippen molar-refractivity contribution in [1.82, 2.24) is 9.97 Å². The van der Waals surface area contributed by atoms with Gasteiger partial charge in [-0.05, 0) is 15.9 Å². The second-order valence-electron chi connectivity index (χ2n) is 3.45. The maximum atomic E-state index is 11.4. The van der Waals surface area contributed by atoms with E-state index >= 15 is 0 Å². The number of anilines is 1. The molecule has 18 heavy (non-hydrogen) atoms. The maximum absolute atomic E-state index is 11.4. The predicted octanol–water partition coefficient (Wildman–Crippen LogP) is 2.27. The van der Waals surface area contributed by atoms with Gasteiger partial charge < -0.3 is 10.5 Å². The van der Waals surface area contributed by atoms with Gasteiger partial charge in [0.15, 0.2) is 11.5 Å². The van der Waals surface area contributed by atoms with Gasteiger partial charge in [0, 0.05) is 5.56 Å². The highest BCUT2D eigenvalue weighted by Gasteiger charge is 2.17. The van der Waals surface area contributed by atoms with Crippen molar-refractivity contribution in [2.24, 2.45) is 0 Å². The monoisotopic (exact) mass is 307 g/mol. The van der Waals surface area contributed by atoms with Crippen molar-refractivity contribution < 1.29 is 9.53 Å². The molecule has 0 radical (unpaired) electrons. The highest BCUT2D eigenvalue weighted by atomic mass is 79.9. The molecule has 1 aromatic heterocycles. The normalized spacial score (nSPS) is 10.1. The number of benzene rings is 1. The van der Waals surface area contributed by atoms with Gasteiger partial charge in [-0.15, -0.1) is 0 Å². The number of hydrogen-bond donors (Lipinski definition) is 1. The summed E-state index contributed by atoms with van der Waals surface area (Å²) >= 11 is 3.28. The third kappa shape index (κ3) is 2.33. The van der Waals surface area contributed by atoms with Crippen molar-refractivity contribution in [2.45, 2.75) is 0 Å². The van der Waals surface area contributed by atoms with Crippen LogP contribution >= 0.6 is 15.9 Å². The lowest BCUT2D eigenvalue weighted by Gasteiger charge is -2.07. The Kier molecular flexibility index (Phi) is 3.57. The Bertz CT molecular complexity index is 587. The second-order valence-corrected chi connectivity index (χ2v) is 4.21. The smallest absolute Gasteiger partial charge is 0.360 e. The van der Waals surface area contributed by atoms with Gasteiger partial charge in [-0.25, -0.2) is 14.8 Å². The summed E-state index contributed by atoms with van der Waals surface area (Å²) in [6.07, 6.45) is 0. The fourth-order valence-corrected chi connectivity index (χ4v) is 1.95. The molecule has 0 saturated carbocycles. The van der Waals surface area contributed by atoms with Crippen LogP contribution in [0.3, 0.4) is 0 Å². The average molecular weight is 308 g/mol. The summed E-state index contributed by atoms with van der Waals surface area (Å²) in [5.41, 5.74) is 7.16. The highest BCUT2D eigenvalue weighted by Crippen LogP contribution is 2.26. The van der Waals surface area contributed by atoms with E-state index in [1.165, 1.54) is 7.11 Å². The molecule has 0 fully saturated rings. The molecule has 1 heterocycles. The molecule has 5 nitrogen and oxygen atoms in total. The SMILES string of the molecule is COC(=O)c1nc(Br)c(-c2ccccc2)nc1N. The number of hydrogen-bond acceptors (Lipinski definition) is 5. The molecular formula is C12H10BrN3O2. The van der Waals surface area contributed by atoms with Crippen molar-refractivity contribution in [3.05, 3.63) is 40.6 Å². The minimum absolute atomic E-state index is 0.00376. The fraction of sp³-hybridized carbons (Fsp3) is 0.0833. The summed E-state index contributed by atoms with van der Waals surface area (Å²) in [6.45, 7) is 0. The van der Waals surface area contributed by atoms with Crippen LogP contribution in [0.2, 0.25) is 0 Å². The zero-order chi connectivity index (χ0) is 13.1. The first-order valence-electron chi connectivity index (χ1n) is 5.10. The number of nitrogens with two attached hydrogens (primary N) is 1. The molecule has 0 bridgehead atoms. The van der Waals surface area contributed by atoms with Gasteiger partial charge in [0.2, 0.25) is 0 Å². The van der Waals surface area contributed by atoms with Gasteiger partial charge in [-0.3, -0.25) is 0 Å². The average Bonchev–Trinajstić information content (AvgIpc) is 2.41. The summed E-state index contributed by atoms with van der Waals surface area (Å²) in [5, 5.41) is 0. The Hall–Kier alpha value is -1.95. The van der Waals surface area contributed by atoms with Gasteiger partial charge in [0.1, 0.15) is 10.3 Å². The Morgan fingerprint density at radius 2 is 1.94 bits per heavy atom. The maximum Gasteiger partial charge on any atom is 0.360 e. The van der Waals surface area contributed by atoms with Crippen LogP contribution in [-0.4, -0.2) is 23.0 Å². The molecule has 0 unspecified atom stereocenters. The number of carbonyl (C=O) groups excluding carboxylic acids is 1. The summed E-state index contributed by atoms with van der Waals surface area (Å²) in [4.78, 5) is 19.7. The molecule has 2 rings (SSSR count). The lowest BCUT2D eigenvalue weighted by molar-refractivity contribution is 0.0595. The Morgan fingerprint density at radius 1 is 1.28 bits per heavy atom. The van der Waals surface area contributed by atoms with E-state index in [1.54, 1.807) is 0 Å². The molecule has 0 saturated heterocycles. The summed E-state index contributed by atoms with van der Waals surface area (Å²) in [7, 11) is 1.27. The number of ether oxygens (including phenoxy) is 1. The van der Waals surface area contributed by atoms with Crippen molar-refractivity contribution in [2.75, 3.05) is 12.8 Å². The van der Waals surface area contributed by atoms with Crippen LogP contribution in [0.5, 0.6) is 0 Å². The molecule has 0 spiro atoms. The van der Waals surface area contributed by atoms with Crippen LogP contribution in [0, 0.1) is 0 Å². The van der Waals surface area contributed by atoms with E-state index in [0.717, 1.165) is 5.56 Å². The number of esters is 1. The molecule has 0 atom stereocenters. The van der Waals surface area contributed by atoms with E-state index in [2.05, 4.69) is 30.6 Å². The van der Waals surface area contributed by atoms with Crippen molar-refractivity contribution in [3.63, 3.8) is 0 Å². The Labute approximate surface area is 112 Å². The van der Waals surface area contributed by atoms with E-state index in [4.69, 9.17) is 5.73 Å². The van der Waals surface area contributed by atoms with E-state index in [1.807, 2.05) is 30.3 Å². The minimum atomic E-state index is -0.611. The predicted molar refractivity (Wildman–Crippen MR) is 70.9 cm³/mol. The molecule has 6 heteroatoms. The lowest BCUT2D eigenvalue weighted by Crippen LogP contribution is -2.11. The number of rotatable bonds is 2. The third-order valence-electron chi connectivity index (χ3n) is 2.31. The van der Waals surface area contributed by atoms with Crippen molar-refractivity contribution in [1.29, 1.82) is 0 Å². The minimum Gasteiger partial charge on any atom is -0.464 e. The van der Waals surface area contributed by atoms with E-state index < -0.39 is 5.97 Å². The van der Waals surface area contributed by atoms with Gasteiger partial charge in [0.25, 0.3) is 0 Å². The van der Waals surface area contributed by atoms with Crippen LogP contribution in [0.1, 0.15) is 10.5 Å². The number of halogens is 1. The van der Waals surface area contributed by atoms with Crippen LogP contribution in [0.4, 0.5) is 5.82 Å². The summed E-state index contributed by atoms with van der Waals surface area (Å²) in [5.74, 6) is -0.566. The standard InChI is InChI=1S/C12H10BrN3O2/c1-18-12(17)9-11(14)16-8(10(13)15-9)7-5-3-2-4-6-7/h2-6H,1H3,(H2,14,16). The highest BCUT2D eigenvalue weighted by molar-refractivity contribution is 9.10. The van der Waals surface area contributed by atoms with Crippen molar-refractivity contribution >= 4 is 27.7 Å². The van der Waals surface area contributed by atoms with Gasteiger partial charge >= 0.3 is 5.97 Å². The van der Waals surface area contributed by atoms with Gasteiger partial charge in [0.05, 0.1) is 7.11 Å². The quantitative estimate of drug-likeness (QED) is 0.861. The largest absolute Gasteiger partial charge is 0.464 e. The van der Waals surface area contributed by atoms with Gasteiger partial charge in [-0.2, -0.15) is 0 Å².